The number of benzene rings is 2. The molecule has 1 saturated heterocycles. The number of aromatic nitrogens is 1. The second-order valence-electron chi connectivity index (χ2n) is 9.37. The molecular weight excluding hydrogens is 442 g/mol. The molecule has 0 atom stereocenters. The van der Waals surface area contributed by atoms with Crippen molar-refractivity contribution < 1.29 is 9.53 Å². The maximum absolute atomic E-state index is 12.6. The molecule has 1 fully saturated rings. The summed E-state index contributed by atoms with van der Waals surface area (Å²) in [5.41, 5.74) is 6.56. The van der Waals surface area contributed by atoms with Crippen LogP contribution in [0.5, 0.6) is 5.75 Å². The molecular formula is C28H31N3O2S. The van der Waals surface area contributed by atoms with E-state index in [-0.39, 0.29) is 11.3 Å². The van der Waals surface area contributed by atoms with Crippen LogP contribution in [0.3, 0.4) is 0 Å². The van der Waals surface area contributed by atoms with Crippen LogP contribution < -0.4 is 10.1 Å². The molecule has 2 heterocycles. The van der Waals surface area contributed by atoms with E-state index in [9.17, 15) is 4.79 Å². The summed E-state index contributed by atoms with van der Waals surface area (Å²) >= 11 is 1.36. The van der Waals surface area contributed by atoms with Crippen molar-refractivity contribution in [3.63, 3.8) is 0 Å². The minimum Gasteiger partial charge on any atom is -0.494 e. The molecule has 1 aromatic heterocycles. The topological polar surface area (TPSA) is 55.6 Å². The van der Waals surface area contributed by atoms with Gasteiger partial charge in [0, 0.05) is 17.1 Å². The van der Waals surface area contributed by atoms with Crippen LogP contribution in [-0.2, 0) is 10.2 Å². The Labute approximate surface area is 205 Å². The lowest BCUT2D eigenvalue weighted by atomic mass is 9.87. The van der Waals surface area contributed by atoms with Crippen molar-refractivity contribution in [3.05, 3.63) is 82.0 Å². The average Bonchev–Trinajstić information content (AvgIpc) is 3.27. The number of hydrogen-bond acceptors (Lipinski definition) is 4. The summed E-state index contributed by atoms with van der Waals surface area (Å²) in [5, 5.41) is 3.45. The van der Waals surface area contributed by atoms with Gasteiger partial charge in [-0.05, 0) is 97.6 Å². The van der Waals surface area contributed by atoms with Gasteiger partial charge in [-0.25, -0.2) is 4.99 Å². The molecule has 0 radical (unpaired) electrons. The number of amidine groups is 1. The van der Waals surface area contributed by atoms with Gasteiger partial charge in [-0.3, -0.25) is 4.79 Å². The summed E-state index contributed by atoms with van der Waals surface area (Å²) in [7, 11) is 0. The number of carbonyl (C=O) groups excluding carboxylic acids is 1. The highest BCUT2D eigenvalue weighted by molar-refractivity contribution is 8.18. The number of thioether (sulfide) groups is 1. The molecule has 3 aromatic rings. The Bertz CT molecular complexity index is 1260. The number of aryl methyl sites for hydroxylation is 1. The van der Waals surface area contributed by atoms with Gasteiger partial charge >= 0.3 is 0 Å². The Hall–Kier alpha value is -3.25. The van der Waals surface area contributed by atoms with Gasteiger partial charge in [0.05, 0.1) is 17.2 Å². The highest BCUT2D eigenvalue weighted by atomic mass is 32.2. The van der Waals surface area contributed by atoms with E-state index in [1.165, 1.54) is 17.3 Å². The van der Waals surface area contributed by atoms with Gasteiger partial charge in [0.1, 0.15) is 5.75 Å². The molecule has 34 heavy (non-hydrogen) atoms. The minimum absolute atomic E-state index is 0.118. The largest absolute Gasteiger partial charge is 0.494 e. The van der Waals surface area contributed by atoms with Gasteiger partial charge in [0.2, 0.25) is 0 Å². The van der Waals surface area contributed by atoms with Crippen molar-refractivity contribution in [3.8, 4) is 11.4 Å². The number of nitrogens with zero attached hydrogens (tertiary/aromatic N) is 2. The lowest BCUT2D eigenvalue weighted by Crippen LogP contribution is -2.19. The molecule has 1 aliphatic heterocycles. The first-order valence-electron chi connectivity index (χ1n) is 11.5. The maximum atomic E-state index is 12.6. The van der Waals surface area contributed by atoms with E-state index < -0.39 is 0 Å². The second-order valence-corrected chi connectivity index (χ2v) is 10.4. The third kappa shape index (κ3) is 5.12. The molecule has 0 spiro atoms. The number of nitrogens with one attached hydrogen (secondary N) is 1. The van der Waals surface area contributed by atoms with Crippen molar-refractivity contribution in [1.82, 2.24) is 9.88 Å². The lowest BCUT2D eigenvalue weighted by molar-refractivity contribution is -0.115. The molecule has 1 aliphatic rings. The first-order chi connectivity index (χ1) is 16.2. The predicted octanol–water partition coefficient (Wildman–Crippen LogP) is 6.68. The third-order valence-corrected chi connectivity index (χ3v) is 6.69. The summed E-state index contributed by atoms with van der Waals surface area (Å²) < 4.78 is 7.70. The number of ether oxygens (including phenoxy) is 1. The zero-order valence-electron chi connectivity index (χ0n) is 20.6. The zero-order valence-corrected chi connectivity index (χ0v) is 21.4. The average molecular weight is 474 g/mol. The van der Waals surface area contributed by atoms with E-state index >= 15 is 0 Å². The fourth-order valence-electron chi connectivity index (χ4n) is 3.96. The van der Waals surface area contributed by atoms with Crippen molar-refractivity contribution in [2.45, 2.75) is 47.0 Å². The van der Waals surface area contributed by atoms with E-state index in [0.717, 1.165) is 34.1 Å². The quantitative estimate of drug-likeness (QED) is 0.421. The predicted molar refractivity (Wildman–Crippen MR) is 142 cm³/mol. The molecule has 0 bridgehead atoms. The van der Waals surface area contributed by atoms with Crippen LogP contribution in [0.1, 0.15) is 50.2 Å². The van der Waals surface area contributed by atoms with Gasteiger partial charge in [0.25, 0.3) is 5.91 Å². The SMILES string of the molecule is CCOc1ccc(N=C2NC(=O)C(=Cc3cc(C)n(-c4ccc(C(C)(C)C)cc4)c3C)S2)cc1. The molecule has 0 unspecified atom stereocenters. The Morgan fingerprint density at radius 2 is 1.74 bits per heavy atom. The van der Waals surface area contributed by atoms with Crippen LogP contribution in [0.4, 0.5) is 5.69 Å². The Morgan fingerprint density at radius 1 is 1.06 bits per heavy atom. The molecule has 176 valence electrons. The highest BCUT2D eigenvalue weighted by Crippen LogP contribution is 2.31. The van der Waals surface area contributed by atoms with Gasteiger partial charge < -0.3 is 14.6 Å². The lowest BCUT2D eigenvalue weighted by Gasteiger charge is -2.20. The van der Waals surface area contributed by atoms with Crippen molar-refractivity contribution in [2.75, 3.05) is 6.61 Å². The maximum Gasteiger partial charge on any atom is 0.264 e. The second kappa shape index (κ2) is 9.55. The van der Waals surface area contributed by atoms with Gasteiger partial charge in [0.15, 0.2) is 5.17 Å². The third-order valence-electron chi connectivity index (χ3n) is 5.78. The van der Waals surface area contributed by atoms with E-state index in [1.54, 1.807) is 0 Å². The molecule has 2 aromatic carbocycles. The highest BCUT2D eigenvalue weighted by Gasteiger charge is 2.24. The van der Waals surface area contributed by atoms with Crippen molar-refractivity contribution >= 4 is 34.6 Å². The van der Waals surface area contributed by atoms with E-state index in [2.05, 4.69) is 79.8 Å². The Kier molecular flexibility index (Phi) is 6.71. The normalized spacial score (nSPS) is 16.4. The molecule has 1 N–H and O–H groups in total. The number of carbonyl (C=O) groups is 1. The smallest absolute Gasteiger partial charge is 0.264 e. The van der Waals surface area contributed by atoms with Crippen molar-refractivity contribution in [2.24, 2.45) is 4.99 Å². The van der Waals surface area contributed by atoms with Crippen molar-refractivity contribution in [1.29, 1.82) is 0 Å². The van der Waals surface area contributed by atoms with Crippen LogP contribution >= 0.6 is 11.8 Å². The van der Waals surface area contributed by atoms with Crippen LogP contribution in [0, 0.1) is 13.8 Å². The Balaban J connectivity index is 1.57. The molecule has 5 nitrogen and oxygen atoms in total. The number of amides is 1. The summed E-state index contributed by atoms with van der Waals surface area (Å²) in [6.45, 7) is 13.4. The monoisotopic (exact) mass is 473 g/mol. The molecule has 4 rings (SSSR count). The molecule has 6 heteroatoms. The summed E-state index contributed by atoms with van der Waals surface area (Å²) in [5.74, 6) is 0.674. The minimum atomic E-state index is -0.131. The van der Waals surface area contributed by atoms with Crippen LogP contribution in [0.25, 0.3) is 11.8 Å². The number of hydrogen-bond donors (Lipinski definition) is 1. The van der Waals surface area contributed by atoms with Gasteiger partial charge in [-0.2, -0.15) is 0 Å². The summed E-state index contributed by atoms with van der Waals surface area (Å²) in [6.07, 6.45) is 1.95. The van der Waals surface area contributed by atoms with Crippen LogP contribution in [0.15, 0.2) is 64.5 Å². The standard InChI is InChI=1S/C28H31N3O2S/c1-7-33-24-14-10-22(11-15-24)29-27-30-26(32)25(34-27)17-20-16-18(2)31(19(20)3)23-12-8-21(9-13-23)28(4,5)6/h8-17H,7H2,1-6H3,(H,29,30,32). The van der Waals surface area contributed by atoms with E-state index in [4.69, 9.17) is 4.74 Å². The van der Waals surface area contributed by atoms with Crippen LogP contribution in [0.2, 0.25) is 0 Å². The molecule has 0 saturated carbocycles. The fraction of sp³-hybridized carbons (Fsp3) is 0.286. The number of aliphatic imine (C=N–C) groups is 1. The summed E-state index contributed by atoms with van der Waals surface area (Å²) in [4.78, 5) is 17.8. The fourth-order valence-corrected chi connectivity index (χ4v) is 4.80. The first-order valence-corrected chi connectivity index (χ1v) is 12.3. The molecule has 0 aliphatic carbocycles. The van der Waals surface area contributed by atoms with E-state index in [1.807, 2.05) is 37.3 Å². The first kappa shape index (κ1) is 23.9. The van der Waals surface area contributed by atoms with Gasteiger partial charge in [-0.1, -0.05) is 32.9 Å². The van der Waals surface area contributed by atoms with E-state index in [0.29, 0.717) is 16.7 Å². The summed E-state index contributed by atoms with van der Waals surface area (Å²) in [6, 6.07) is 18.3. The molecule has 1 amide bonds. The van der Waals surface area contributed by atoms with Gasteiger partial charge in [-0.15, -0.1) is 0 Å². The van der Waals surface area contributed by atoms with Crippen LogP contribution in [-0.4, -0.2) is 22.2 Å². The Morgan fingerprint density at radius 3 is 2.35 bits per heavy atom. The zero-order chi connectivity index (χ0) is 24.5. The number of rotatable bonds is 5.